The topological polar surface area (TPSA) is 85.2 Å². The molecule has 1 unspecified atom stereocenters. The number of nitrogens with one attached hydrogen (secondary N) is 1. The highest BCUT2D eigenvalue weighted by atomic mass is 35.5. The van der Waals surface area contributed by atoms with Crippen molar-refractivity contribution in [3.05, 3.63) is 52.4 Å². The number of anilines is 1. The number of hydrazine groups is 1. The standard InChI is InChI=1S/C28H39ClN6O/c1-5-10-23(6-2)35(27-25(29)18-31-26(17-30)32-27)33-28(36)22-15-13-21(14-16-22)19-34(20(3)4)24-11-8-7-9-12-24/h13-16,18,20,23-24H,5-12,19H2,1-4H3,(H,33,36). The Bertz CT molecular complexity index is 1030. The second kappa shape index (κ2) is 13.6. The van der Waals surface area contributed by atoms with Crippen LogP contribution in [0.4, 0.5) is 5.82 Å². The maximum atomic E-state index is 13.3. The van der Waals surface area contributed by atoms with Gasteiger partial charge in [0.1, 0.15) is 11.1 Å². The Morgan fingerprint density at radius 3 is 2.47 bits per heavy atom. The van der Waals surface area contributed by atoms with Crippen molar-refractivity contribution in [2.75, 3.05) is 5.01 Å². The quantitative estimate of drug-likeness (QED) is 0.358. The fourth-order valence-corrected chi connectivity index (χ4v) is 5.22. The zero-order chi connectivity index (χ0) is 26.1. The molecule has 0 radical (unpaired) electrons. The number of hydrogen-bond acceptors (Lipinski definition) is 6. The van der Waals surface area contributed by atoms with Crippen LogP contribution >= 0.6 is 11.6 Å². The van der Waals surface area contributed by atoms with Crippen LogP contribution in [-0.2, 0) is 6.54 Å². The zero-order valence-corrected chi connectivity index (χ0v) is 22.8. The van der Waals surface area contributed by atoms with E-state index in [1.54, 1.807) is 5.01 Å². The zero-order valence-electron chi connectivity index (χ0n) is 22.0. The van der Waals surface area contributed by atoms with Crippen LogP contribution in [0, 0.1) is 11.3 Å². The lowest BCUT2D eigenvalue weighted by atomic mass is 9.93. The van der Waals surface area contributed by atoms with Crippen molar-refractivity contribution in [2.24, 2.45) is 0 Å². The first-order valence-electron chi connectivity index (χ1n) is 13.2. The van der Waals surface area contributed by atoms with Gasteiger partial charge in [0.05, 0.1) is 12.2 Å². The SMILES string of the molecule is CCCC(CC)N(NC(=O)c1ccc(CN(C(C)C)C2CCCCC2)cc1)c1nc(C#N)ncc1Cl. The van der Waals surface area contributed by atoms with Gasteiger partial charge in [-0.25, -0.2) is 4.98 Å². The molecule has 1 aromatic carbocycles. The summed E-state index contributed by atoms with van der Waals surface area (Å²) < 4.78 is 0. The van der Waals surface area contributed by atoms with E-state index in [-0.39, 0.29) is 22.8 Å². The molecular weight excluding hydrogens is 472 g/mol. The Labute approximate surface area is 220 Å². The molecule has 1 atom stereocenters. The molecule has 0 saturated heterocycles. The van der Waals surface area contributed by atoms with Crippen molar-refractivity contribution in [3.8, 4) is 6.07 Å². The number of nitriles is 1. The molecule has 36 heavy (non-hydrogen) atoms. The lowest BCUT2D eigenvalue weighted by Crippen LogP contribution is -2.49. The molecule has 1 aliphatic rings. The second-order valence-electron chi connectivity index (χ2n) is 9.89. The molecule has 0 aliphatic heterocycles. The molecule has 194 valence electrons. The molecule has 1 saturated carbocycles. The summed E-state index contributed by atoms with van der Waals surface area (Å²) in [5.41, 5.74) is 4.78. The molecule has 1 fully saturated rings. The van der Waals surface area contributed by atoms with Crippen molar-refractivity contribution >= 4 is 23.3 Å². The average molecular weight is 511 g/mol. The van der Waals surface area contributed by atoms with Gasteiger partial charge < -0.3 is 0 Å². The summed E-state index contributed by atoms with van der Waals surface area (Å²) in [7, 11) is 0. The van der Waals surface area contributed by atoms with Crippen LogP contribution in [0.25, 0.3) is 0 Å². The molecule has 1 N–H and O–H groups in total. The summed E-state index contributed by atoms with van der Waals surface area (Å²) in [6, 6.07) is 10.9. The van der Waals surface area contributed by atoms with E-state index in [0.717, 1.165) is 25.8 Å². The molecule has 3 rings (SSSR count). The van der Waals surface area contributed by atoms with E-state index in [0.29, 0.717) is 23.5 Å². The third-order valence-corrected chi connectivity index (χ3v) is 7.29. The predicted molar refractivity (Wildman–Crippen MR) is 145 cm³/mol. The normalized spacial score (nSPS) is 15.1. The summed E-state index contributed by atoms with van der Waals surface area (Å²) in [6.45, 7) is 9.57. The van der Waals surface area contributed by atoms with Gasteiger partial charge in [0.15, 0.2) is 5.82 Å². The highest BCUT2D eigenvalue weighted by Gasteiger charge is 2.25. The number of halogens is 1. The van der Waals surface area contributed by atoms with E-state index in [2.05, 4.69) is 48.0 Å². The van der Waals surface area contributed by atoms with E-state index >= 15 is 0 Å². The van der Waals surface area contributed by atoms with Crippen LogP contribution in [0.1, 0.15) is 101 Å². The monoisotopic (exact) mass is 510 g/mol. The summed E-state index contributed by atoms with van der Waals surface area (Å²) >= 11 is 6.41. The Kier molecular flexibility index (Phi) is 10.5. The number of nitrogens with zero attached hydrogens (tertiary/aromatic N) is 5. The van der Waals surface area contributed by atoms with Gasteiger partial charge in [0.2, 0.25) is 5.82 Å². The first-order valence-corrected chi connectivity index (χ1v) is 13.6. The largest absolute Gasteiger partial charge is 0.294 e. The van der Waals surface area contributed by atoms with Crippen LogP contribution in [0.5, 0.6) is 0 Å². The minimum atomic E-state index is -0.239. The number of aromatic nitrogens is 2. The molecule has 1 aromatic heterocycles. The molecular formula is C28H39ClN6O. The summed E-state index contributed by atoms with van der Waals surface area (Å²) in [6.07, 6.45) is 10.5. The van der Waals surface area contributed by atoms with Crippen molar-refractivity contribution < 1.29 is 4.79 Å². The molecule has 1 aliphatic carbocycles. The highest BCUT2D eigenvalue weighted by Crippen LogP contribution is 2.27. The summed E-state index contributed by atoms with van der Waals surface area (Å²) in [5, 5.41) is 11.3. The Hall–Kier alpha value is -2.69. The smallest absolute Gasteiger partial charge is 0.269 e. The predicted octanol–water partition coefficient (Wildman–Crippen LogP) is 6.27. The average Bonchev–Trinajstić information content (AvgIpc) is 2.90. The molecule has 8 heteroatoms. The number of carbonyl (C=O) groups is 1. The number of benzene rings is 1. The van der Waals surface area contributed by atoms with Gasteiger partial charge in [0.25, 0.3) is 5.91 Å². The number of rotatable bonds is 11. The third kappa shape index (κ3) is 7.18. The fourth-order valence-electron chi connectivity index (χ4n) is 5.04. The van der Waals surface area contributed by atoms with Crippen LogP contribution in [0.15, 0.2) is 30.5 Å². The Morgan fingerprint density at radius 1 is 1.19 bits per heavy atom. The van der Waals surface area contributed by atoms with E-state index in [1.807, 2.05) is 30.3 Å². The van der Waals surface area contributed by atoms with Crippen molar-refractivity contribution in [3.63, 3.8) is 0 Å². The van der Waals surface area contributed by atoms with Gasteiger partial charge in [-0.2, -0.15) is 10.2 Å². The molecule has 7 nitrogen and oxygen atoms in total. The van der Waals surface area contributed by atoms with Gasteiger partial charge in [-0.3, -0.25) is 20.1 Å². The summed E-state index contributed by atoms with van der Waals surface area (Å²) in [5.74, 6) is 0.114. The van der Waals surface area contributed by atoms with E-state index in [1.165, 1.54) is 43.9 Å². The van der Waals surface area contributed by atoms with Gasteiger partial charge in [-0.05, 0) is 57.2 Å². The molecule has 0 spiro atoms. The van der Waals surface area contributed by atoms with E-state index < -0.39 is 0 Å². The lowest BCUT2D eigenvalue weighted by molar-refractivity contribution is 0.0942. The van der Waals surface area contributed by atoms with Crippen molar-refractivity contribution in [1.29, 1.82) is 5.26 Å². The van der Waals surface area contributed by atoms with Crippen molar-refractivity contribution in [1.82, 2.24) is 20.3 Å². The van der Waals surface area contributed by atoms with Crippen molar-refractivity contribution in [2.45, 2.75) is 104 Å². The Balaban J connectivity index is 1.78. The van der Waals surface area contributed by atoms with E-state index in [9.17, 15) is 10.1 Å². The van der Waals surface area contributed by atoms with Gasteiger partial charge in [0, 0.05) is 24.2 Å². The van der Waals surface area contributed by atoms with Crippen LogP contribution in [0.3, 0.4) is 0 Å². The third-order valence-electron chi connectivity index (χ3n) is 7.02. The highest BCUT2D eigenvalue weighted by molar-refractivity contribution is 6.32. The molecule has 0 bridgehead atoms. The molecule has 1 heterocycles. The maximum Gasteiger partial charge on any atom is 0.269 e. The van der Waals surface area contributed by atoms with Crippen LogP contribution < -0.4 is 10.4 Å². The number of amides is 1. The first-order chi connectivity index (χ1) is 17.4. The van der Waals surface area contributed by atoms with E-state index in [4.69, 9.17) is 11.6 Å². The maximum absolute atomic E-state index is 13.3. The molecule has 2 aromatic rings. The molecule has 1 amide bonds. The van der Waals surface area contributed by atoms with Crippen LogP contribution in [-0.4, -0.2) is 38.9 Å². The van der Waals surface area contributed by atoms with Crippen LogP contribution in [0.2, 0.25) is 5.02 Å². The minimum absolute atomic E-state index is 0.0111. The van der Waals surface area contributed by atoms with Gasteiger partial charge in [-0.15, -0.1) is 0 Å². The van der Waals surface area contributed by atoms with Gasteiger partial charge in [-0.1, -0.05) is 63.3 Å². The fraction of sp³-hybridized carbons (Fsp3) is 0.571. The number of hydrogen-bond donors (Lipinski definition) is 1. The Morgan fingerprint density at radius 2 is 1.89 bits per heavy atom. The summed E-state index contributed by atoms with van der Waals surface area (Å²) in [4.78, 5) is 24.1. The number of carbonyl (C=O) groups excluding carboxylic acids is 1. The first kappa shape index (κ1) is 27.9. The van der Waals surface area contributed by atoms with Gasteiger partial charge >= 0.3 is 0 Å². The lowest BCUT2D eigenvalue weighted by Gasteiger charge is -2.37. The second-order valence-corrected chi connectivity index (χ2v) is 10.3. The minimum Gasteiger partial charge on any atom is -0.294 e.